The fraction of sp³-hybridized carbons (Fsp3) is 0.0769. The summed E-state index contributed by atoms with van der Waals surface area (Å²) in [5.74, 6) is -0.367. The number of H-pyrrole nitrogens is 1. The van der Waals surface area contributed by atoms with Crippen LogP contribution in [0.25, 0.3) is 21.3 Å². The number of anilines is 3. The summed E-state index contributed by atoms with van der Waals surface area (Å²) in [7, 11) is 0. The van der Waals surface area contributed by atoms with E-state index in [2.05, 4.69) is 41.7 Å². The number of carbonyl (C=O) groups excluding carboxylic acids is 2. The Kier molecular flexibility index (Phi) is 6.72. The minimum Gasteiger partial charge on any atom is -0.397 e. The first-order valence-electron chi connectivity index (χ1n) is 11.1. The molecule has 11 heteroatoms. The number of nitrogens with two attached hydrogens (primary N) is 1. The smallest absolute Gasteiger partial charge is 0.269 e. The summed E-state index contributed by atoms with van der Waals surface area (Å²) in [4.78, 5) is 32.2. The van der Waals surface area contributed by atoms with Crippen LogP contribution in [0.15, 0.2) is 59.1 Å². The number of halogens is 2. The molecule has 5 N–H and O–H groups in total. The van der Waals surface area contributed by atoms with E-state index in [0.29, 0.717) is 43.6 Å². The number of thiophene rings is 1. The fourth-order valence-electron chi connectivity index (χ4n) is 4.00. The molecule has 0 bridgehead atoms. The van der Waals surface area contributed by atoms with Gasteiger partial charge in [0.05, 0.1) is 16.9 Å². The van der Waals surface area contributed by atoms with E-state index in [1.54, 1.807) is 37.3 Å². The third kappa shape index (κ3) is 4.95. The predicted molar refractivity (Wildman–Crippen MR) is 153 cm³/mol. The van der Waals surface area contributed by atoms with Crippen molar-refractivity contribution in [3.63, 3.8) is 0 Å². The SMILES string of the molecule is Cc1cc(NC(=O)c2sc3nc(C)c(C(=O)Nc4ccc(Cl)cc4)c(-c4ccc(Br)cc4)c3c2N)n[nH]1. The van der Waals surface area contributed by atoms with Crippen LogP contribution < -0.4 is 16.4 Å². The Morgan fingerprint density at radius 3 is 2.38 bits per heavy atom. The van der Waals surface area contributed by atoms with Gasteiger partial charge in [0.25, 0.3) is 11.8 Å². The Hall–Kier alpha value is -3.73. The second-order valence-corrected chi connectivity index (χ2v) is 10.7. The molecule has 5 rings (SSSR count). The molecule has 0 aliphatic heterocycles. The summed E-state index contributed by atoms with van der Waals surface area (Å²) >= 11 is 10.6. The average Bonchev–Trinajstić information content (AvgIpc) is 3.42. The number of amides is 2. The number of aromatic amines is 1. The Morgan fingerprint density at radius 2 is 1.73 bits per heavy atom. The molecular weight excluding hydrogens is 576 g/mol. The van der Waals surface area contributed by atoms with Crippen LogP contribution in [0.4, 0.5) is 17.2 Å². The van der Waals surface area contributed by atoms with Crippen molar-refractivity contribution < 1.29 is 9.59 Å². The summed E-state index contributed by atoms with van der Waals surface area (Å²) < 4.78 is 0.887. The van der Waals surface area contributed by atoms with Crippen molar-refractivity contribution in [3.8, 4) is 11.1 Å². The minimum atomic E-state index is -0.404. The van der Waals surface area contributed by atoms with E-state index in [1.165, 1.54) is 11.3 Å². The van der Waals surface area contributed by atoms with Crippen LogP contribution in [0.3, 0.4) is 0 Å². The summed E-state index contributed by atoms with van der Waals surface area (Å²) in [5, 5.41) is 13.6. The third-order valence-electron chi connectivity index (χ3n) is 5.67. The van der Waals surface area contributed by atoms with Gasteiger partial charge in [-0.15, -0.1) is 11.3 Å². The van der Waals surface area contributed by atoms with Gasteiger partial charge in [-0.2, -0.15) is 5.10 Å². The number of rotatable bonds is 5. The Balaban J connectivity index is 1.67. The van der Waals surface area contributed by atoms with Crippen molar-refractivity contribution >= 4 is 78.1 Å². The van der Waals surface area contributed by atoms with Gasteiger partial charge in [0.1, 0.15) is 9.71 Å². The zero-order valence-corrected chi connectivity index (χ0v) is 22.8. The van der Waals surface area contributed by atoms with E-state index in [1.807, 2.05) is 31.2 Å². The van der Waals surface area contributed by atoms with Gasteiger partial charge in [-0.3, -0.25) is 14.7 Å². The van der Waals surface area contributed by atoms with Crippen molar-refractivity contribution in [1.29, 1.82) is 0 Å². The molecule has 186 valence electrons. The van der Waals surface area contributed by atoms with Crippen molar-refractivity contribution in [2.45, 2.75) is 13.8 Å². The molecule has 0 radical (unpaired) electrons. The second kappa shape index (κ2) is 9.97. The number of benzene rings is 2. The normalized spacial score (nSPS) is 11.0. The molecule has 8 nitrogen and oxygen atoms in total. The third-order valence-corrected chi connectivity index (χ3v) is 7.55. The number of hydrogen-bond acceptors (Lipinski definition) is 6. The van der Waals surface area contributed by atoms with Gasteiger partial charge < -0.3 is 16.4 Å². The fourth-order valence-corrected chi connectivity index (χ4v) is 5.44. The van der Waals surface area contributed by atoms with E-state index < -0.39 is 5.91 Å². The molecule has 0 aliphatic rings. The zero-order chi connectivity index (χ0) is 26.3. The van der Waals surface area contributed by atoms with E-state index in [0.717, 1.165) is 15.7 Å². The van der Waals surface area contributed by atoms with Crippen molar-refractivity contribution in [3.05, 3.63) is 85.9 Å². The summed E-state index contributed by atoms with van der Waals surface area (Å²) in [5.41, 5.74) is 10.5. The van der Waals surface area contributed by atoms with Crippen LogP contribution >= 0.6 is 38.9 Å². The molecule has 0 unspecified atom stereocenters. The van der Waals surface area contributed by atoms with E-state index in [4.69, 9.17) is 17.3 Å². The maximum Gasteiger partial charge on any atom is 0.269 e. The molecule has 3 aromatic heterocycles. The highest BCUT2D eigenvalue weighted by molar-refractivity contribution is 9.10. The average molecular weight is 596 g/mol. The quantitative estimate of drug-likeness (QED) is 0.178. The van der Waals surface area contributed by atoms with Crippen LogP contribution in [0, 0.1) is 13.8 Å². The molecule has 2 aromatic carbocycles. The number of aryl methyl sites for hydroxylation is 2. The van der Waals surface area contributed by atoms with Crippen molar-refractivity contribution in [2.24, 2.45) is 0 Å². The first kappa shape index (κ1) is 24.9. The lowest BCUT2D eigenvalue weighted by molar-refractivity contribution is 0.102. The van der Waals surface area contributed by atoms with Gasteiger partial charge >= 0.3 is 0 Å². The number of aromatic nitrogens is 3. The first-order chi connectivity index (χ1) is 17.7. The molecule has 2 amide bonds. The van der Waals surface area contributed by atoms with Gasteiger partial charge in [-0.05, 0) is 55.8 Å². The molecule has 0 atom stereocenters. The molecule has 0 saturated heterocycles. The lowest BCUT2D eigenvalue weighted by atomic mass is 9.94. The van der Waals surface area contributed by atoms with Gasteiger partial charge in [0.2, 0.25) is 0 Å². The zero-order valence-electron chi connectivity index (χ0n) is 19.6. The van der Waals surface area contributed by atoms with E-state index in [-0.39, 0.29) is 16.5 Å². The molecule has 3 heterocycles. The highest BCUT2D eigenvalue weighted by Gasteiger charge is 2.27. The Labute approximate surface area is 229 Å². The van der Waals surface area contributed by atoms with E-state index >= 15 is 0 Å². The Bertz CT molecular complexity index is 1660. The van der Waals surface area contributed by atoms with E-state index in [9.17, 15) is 9.59 Å². The number of nitrogen functional groups attached to an aromatic ring is 1. The molecular formula is C26H20BrClN6O2S. The number of pyridine rings is 1. The maximum atomic E-state index is 13.6. The lowest BCUT2D eigenvalue weighted by Crippen LogP contribution is -2.16. The van der Waals surface area contributed by atoms with Gasteiger partial charge in [-0.1, -0.05) is 39.7 Å². The summed E-state index contributed by atoms with van der Waals surface area (Å²) in [6.07, 6.45) is 0. The standard InChI is InChI=1S/C26H20BrClN6O2S/c1-12-11-18(34-33-12)32-25(36)23-22(29)21-20(14-3-5-15(27)6-4-14)19(13(2)30-26(21)37-23)24(35)31-17-9-7-16(28)8-10-17/h3-11H,29H2,1-2H3,(H,31,35)(H2,32,33,34,36). The van der Waals surface area contributed by atoms with Crippen molar-refractivity contribution in [2.75, 3.05) is 16.4 Å². The van der Waals surface area contributed by atoms with Crippen LogP contribution in [0.2, 0.25) is 5.02 Å². The summed E-state index contributed by atoms with van der Waals surface area (Å²) in [6, 6.07) is 16.1. The monoisotopic (exact) mass is 594 g/mol. The highest BCUT2D eigenvalue weighted by Crippen LogP contribution is 2.42. The molecule has 37 heavy (non-hydrogen) atoms. The minimum absolute atomic E-state index is 0.246. The second-order valence-electron chi connectivity index (χ2n) is 8.33. The van der Waals surface area contributed by atoms with Crippen molar-refractivity contribution in [1.82, 2.24) is 15.2 Å². The Morgan fingerprint density at radius 1 is 1.03 bits per heavy atom. The van der Waals surface area contributed by atoms with Crippen LogP contribution in [0.5, 0.6) is 0 Å². The predicted octanol–water partition coefficient (Wildman–Crippen LogP) is 6.81. The lowest BCUT2D eigenvalue weighted by Gasteiger charge is -2.15. The molecule has 0 spiro atoms. The number of hydrogen-bond donors (Lipinski definition) is 4. The largest absolute Gasteiger partial charge is 0.397 e. The topological polar surface area (TPSA) is 126 Å². The van der Waals surface area contributed by atoms with Gasteiger partial charge in [0.15, 0.2) is 5.82 Å². The number of nitrogens with one attached hydrogen (secondary N) is 3. The number of nitrogens with zero attached hydrogens (tertiary/aromatic N) is 2. The molecule has 5 aromatic rings. The number of carbonyl (C=O) groups is 2. The number of fused-ring (bicyclic) bond motifs is 1. The van der Waals surface area contributed by atoms with Crippen LogP contribution in [0.1, 0.15) is 31.4 Å². The van der Waals surface area contributed by atoms with Crippen LogP contribution in [-0.2, 0) is 0 Å². The van der Waals surface area contributed by atoms with Crippen LogP contribution in [-0.4, -0.2) is 27.0 Å². The molecule has 0 aliphatic carbocycles. The summed E-state index contributed by atoms with van der Waals surface area (Å²) in [6.45, 7) is 3.60. The van der Waals surface area contributed by atoms with Gasteiger partial charge in [0, 0.05) is 37.9 Å². The van der Waals surface area contributed by atoms with Gasteiger partial charge in [-0.25, -0.2) is 4.98 Å². The first-order valence-corrected chi connectivity index (χ1v) is 13.1. The maximum absolute atomic E-state index is 13.6. The highest BCUT2D eigenvalue weighted by atomic mass is 79.9. The molecule has 0 fully saturated rings. The molecule has 0 saturated carbocycles.